The summed E-state index contributed by atoms with van der Waals surface area (Å²) in [6.45, 7) is 11.4. The maximum atomic E-state index is 12.3. The van der Waals surface area contributed by atoms with Crippen LogP contribution in [0.3, 0.4) is 0 Å². The van der Waals surface area contributed by atoms with E-state index >= 15 is 0 Å². The fourth-order valence-electron chi connectivity index (χ4n) is 4.70. The highest BCUT2D eigenvalue weighted by molar-refractivity contribution is 5.80. The van der Waals surface area contributed by atoms with Crippen LogP contribution in [0.1, 0.15) is 45.4 Å². The zero-order chi connectivity index (χ0) is 19.7. The molecule has 2 fully saturated rings. The molecule has 6 heteroatoms. The van der Waals surface area contributed by atoms with Crippen molar-refractivity contribution in [3.63, 3.8) is 0 Å². The van der Waals surface area contributed by atoms with E-state index in [1.165, 1.54) is 5.69 Å². The lowest BCUT2D eigenvalue weighted by molar-refractivity contribution is -0.149. The maximum Gasteiger partial charge on any atom is 0.312 e. The van der Waals surface area contributed by atoms with Crippen LogP contribution in [0.4, 0.5) is 5.69 Å². The molecule has 1 aromatic carbocycles. The number of H-pyrrole nitrogens is 1. The summed E-state index contributed by atoms with van der Waals surface area (Å²) in [6, 6.07) is 6.48. The molecule has 6 nitrogen and oxygen atoms in total. The third-order valence-electron chi connectivity index (χ3n) is 6.77. The van der Waals surface area contributed by atoms with E-state index in [4.69, 9.17) is 4.74 Å². The lowest BCUT2D eigenvalue weighted by Gasteiger charge is -2.36. The number of carbonyl (C=O) groups is 1. The van der Waals surface area contributed by atoms with Crippen LogP contribution >= 0.6 is 0 Å². The molecule has 0 bridgehead atoms. The van der Waals surface area contributed by atoms with Gasteiger partial charge < -0.3 is 14.6 Å². The number of nitrogens with one attached hydrogen (secondary N) is 1. The molecule has 0 spiro atoms. The Labute approximate surface area is 167 Å². The molecule has 2 saturated heterocycles. The maximum absolute atomic E-state index is 12.3. The summed E-state index contributed by atoms with van der Waals surface area (Å²) in [5, 5.41) is 0. The first-order valence-electron chi connectivity index (χ1n) is 10.7. The molecule has 152 valence electrons. The number of hydrogen-bond donors (Lipinski definition) is 1. The van der Waals surface area contributed by atoms with Gasteiger partial charge in [0.1, 0.15) is 11.9 Å². The minimum Gasteiger partial charge on any atom is -0.462 e. The number of rotatable bonds is 6. The molecule has 0 amide bonds. The van der Waals surface area contributed by atoms with E-state index in [9.17, 15) is 4.79 Å². The molecule has 2 aromatic rings. The Morgan fingerprint density at radius 2 is 1.96 bits per heavy atom. The van der Waals surface area contributed by atoms with Crippen molar-refractivity contribution >= 4 is 22.7 Å². The second-order valence-electron chi connectivity index (χ2n) is 8.36. The van der Waals surface area contributed by atoms with E-state index in [2.05, 4.69) is 51.8 Å². The first kappa shape index (κ1) is 19.2. The summed E-state index contributed by atoms with van der Waals surface area (Å²) in [5.41, 5.74) is 3.17. The molecule has 0 saturated carbocycles. The predicted octanol–water partition coefficient (Wildman–Crippen LogP) is 3.51. The van der Waals surface area contributed by atoms with Crippen molar-refractivity contribution in [1.29, 1.82) is 0 Å². The number of imidazole rings is 1. The summed E-state index contributed by atoms with van der Waals surface area (Å²) in [7, 11) is 0. The van der Waals surface area contributed by atoms with Crippen molar-refractivity contribution in [2.75, 3.05) is 37.6 Å². The number of carbonyl (C=O) groups excluding carboxylic acids is 1. The van der Waals surface area contributed by atoms with E-state index in [1.54, 1.807) is 0 Å². The van der Waals surface area contributed by atoms with Crippen molar-refractivity contribution in [3.05, 3.63) is 24.0 Å². The summed E-state index contributed by atoms with van der Waals surface area (Å²) in [4.78, 5) is 25.0. The molecule has 2 aliphatic rings. The van der Waals surface area contributed by atoms with Crippen LogP contribution in [-0.4, -0.2) is 59.7 Å². The number of fused-ring (bicyclic) bond motifs is 1. The number of anilines is 1. The van der Waals surface area contributed by atoms with Crippen LogP contribution in [0.25, 0.3) is 11.0 Å². The second kappa shape index (κ2) is 7.74. The van der Waals surface area contributed by atoms with Crippen LogP contribution in [0.5, 0.6) is 0 Å². The van der Waals surface area contributed by atoms with Gasteiger partial charge in [0.15, 0.2) is 0 Å². The Morgan fingerprint density at radius 1 is 1.21 bits per heavy atom. The van der Waals surface area contributed by atoms with Gasteiger partial charge in [-0.2, -0.15) is 0 Å². The largest absolute Gasteiger partial charge is 0.462 e. The Hall–Kier alpha value is -2.08. The summed E-state index contributed by atoms with van der Waals surface area (Å²) in [5.74, 6) is 0.983. The van der Waals surface area contributed by atoms with Gasteiger partial charge in [-0.05, 0) is 44.4 Å². The highest BCUT2D eigenvalue weighted by Gasteiger charge is 2.46. The number of esters is 1. The summed E-state index contributed by atoms with van der Waals surface area (Å²) < 4.78 is 5.70. The van der Waals surface area contributed by atoms with E-state index in [1.807, 2.05) is 6.92 Å². The zero-order valence-electron chi connectivity index (χ0n) is 17.3. The Balaban J connectivity index is 1.28. The molecule has 2 aliphatic heterocycles. The minimum absolute atomic E-state index is 0.0248. The van der Waals surface area contributed by atoms with Gasteiger partial charge in [-0.1, -0.05) is 13.8 Å². The molecule has 1 atom stereocenters. The normalized spacial score (nSPS) is 22.8. The van der Waals surface area contributed by atoms with Crippen LogP contribution < -0.4 is 4.90 Å². The molecule has 0 radical (unpaired) electrons. The van der Waals surface area contributed by atoms with E-state index in [-0.39, 0.29) is 17.5 Å². The lowest BCUT2D eigenvalue weighted by atomic mass is 9.79. The first-order chi connectivity index (χ1) is 13.5. The molecule has 1 N–H and O–H groups in total. The van der Waals surface area contributed by atoms with Crippen LogP contribution in [-0.2, 0) is 9.53 Å². The third kappa shape index (κ3) is 3.62. The Bertz CT molecular complexity index is 834. The van der Waals surface area contributed by atoms with Gasteiger partial charge in [0.25, 0.3) is 0 Å². The predicted molar refractivity (Wildman–Crippen MR) is 112 cm³/mol. The van der Waals surface area contributed by atoms with Crippen LogP contribution in [0, 0.1) is 12.3 Å². The monoisotopic (exact) mass is 384 g/mol. The number of aromatic nitrogens is 2. The van der Waals surface area contributed by atoms with E-state index < -0.39 is 0 Å². The fraction of sp³-hybridized carbons (Fsp3) is 0.636. The number of aromatic amines is 1. The van der Waals surface area contributed by atoms with Crippen molar-refractivity contribution < 1.29 is 9.53 Å². The highest BCUT2D eigenvalue weighted by atomic mass is 16.6. The molecule has 4 rings (SSSR count). The van der Waals surface area contributed by atoms with Crippen molar-refractivity contribution in [1.82, 2.24) is 14.9 Å². The number of aryl methyl sites for hydroxylation is 1. The van der Waals surface area contributed by atoms with Crippen LogP contribution in [0.2, 0.25) is 0 Å². The van der Waals surface area contributed by atoms with Gasteiger partial charge in [-0.15, -0.1) is 0 Å². The zero-order valence-corrected chi connectivity index (χ0v) is 17.3. The molecular formula is C22H32N4O2. The topological polar surface area (TPSA) is 61.5 Å². The molecule has 3 heterocycles. The third-order valence-corrected chi connectivity index (χ3v) is 6.77. The molecule has 1 aromatic heterocycles. The second-order valence-corrected chi connectivity index (χ2v) is 8.36. The van der Waals surface area contributed by atoms with E-state index in [0.717, 1.165) is 75.3 Å². The number of hydrogen-bond acceptors (Lipinski definition) is 5. The van der Waals surface area contributed by atoms with Gasteiger partial charge in [0.05, 0.1) is 16.4 Å². The van der Waals surface area contributed by atoms with Gasteiger partial charge in [-0.25, -0.2) is 4.98 Å². The van der Waals surface area contributed by atoms with Gasteiger partial charge in [0, 0.05) is 44.8 Å². The minimum atomic E-state index is -0.229. The quantitative estimate of drug-likeness (QED) is 0.773. The SMILES string of the molecule is CCC1(CC)C[C@H](CCN2CCN(c3ccc4nc(C)[nH]c4c3)CC2)OC1=O. The molecule has 0 aliphatic carbocycles. The average molecular weight is 385 g/mol. The fourth-order valence-corrected chi connectivity index (χ4v) is 4.70. The molecular weight excluding hydrogens is 352 g/mol. The van der Waals surface area contributed by atoms with Crippen molar-refractivity contribution in [2.45, 2.75) is 52.6 Å². The highest BCUT2D eigenvalue weighted by Crippen LogP contribution is 2.41. The number of nitrogens with zero attached hydrogens (tertiary/aromatic N) is 3. The van der Waals surface area contributed by atoms with Crippen molar-refractivity contribution in [3.8, 4) is 0 Å². The van der Waals surface area contributed by atoms with Crippen molar-refractivity contribution in [2.24, 2.45) is 5.41 Å². The number of benzene rings is 1. The number of ether oxygens (including phenoxy) is 1. The number of cyclic esters (lactones) is 1. The van der Waals surface area contributed by atoms with Gasteiger partial charge in [0.2, 0.25) is 0 Å². The average Bonchev–Trinajstić information content (AvgIpc) is 3.24. The number of piperazine rings is 1. The first-order valence-corrected chi connectivity index (χ1v) is 10.7. The Kier molecular flexibility index (Phi) is 5.32. The van der Waals surface area contributed by atoms with E-state index in [0.29, 0.717) is 0 Å². The summed E-state index contributed by atoms with van der Waals surface area (Å²) >= 11 is 0. The molecule has 0 unspecified atom stereocenters. The molecule has 28 heavy (non-hydrogen) atoms. The van der Waals surface area contributed by atoms with Gasteiger partial charge in [-0.3, -0.25) is 9.69 Å². The lowest BCUT2D eigenvalue weighted by Crippen LogP contribution is -2.47. The Morgan fingerprint density at radius 3 is 2.64 bits per heavy atom. The standard InChI is InChI=1S/C22H32N4O2/c1-4-22(5-2)15-18(28-21(22)27)8-9-25-10-12-26(13-11-25)17-6-7-19-20(14-17)24-16(3)23-19/h6-7,14,18H,4-5,8-13,15H2,1-3H3,(H,23,24)/t18-/m0/s1. The summed E-state index contributed by atoms with van der Waals surface area (Å²) in [6.07, 6.45) is 3.71. The van der Waals surface area contributed by atoms with Crippen LogP contribution in [0.15, 0.2) is 18.2 Å². The van der Waals surface area contributed by atoms with Gasteiger partial charge >= 0.3 is 5.97 Å². The smallest absolute Gasteiger partial charge is 0.312 e.